The van der Waals surface area contributed by atoms with Crippen molar-refractivity contribution in [2.75, 3.05) is 19.6 Å². The van der Waals surface area contributed by atoms with Gasteiger partial charge in [0, 0.05) is 19.1 Å². The molecule has 0 spiro atoms. The van der Waals surface area contributed by atoms with E-state index in [0.29, 0.717) is 6.04 Å². The minimum atomic E-state index is 0.435. The molecule has 24 heavy (non-hydrogen) atoms. The number of hydrogen-bond acceptors (Lipinski definition) is 2. The molecule has 2 nitrogen and oxygen atoms in total. The quantitative estimate of drug-likeness (QED) is 0.735. The van der Waals surface area contributed by atoms with Gasteiger partial charge in [-0.3, -0.25) is 4.90 Å². The number of hydrogen-bond donors (Lipinski definition) is 1. The largest absolute Gasteiger partial charge is 0.329 e. The van der Waals surface area contributed by atoms with Gasteiger partial charge in [-0.2, -0.15) is 0 Å². The number of aryl methyl sites for hydroxylation is 1. The highest BCUT2D eigenvalue weighted by molar-refractivity contribution is 5.73. The average molecular weight is 327 g/mol. The van der Waals surface area contributed by atoms with Gasteiger partial charge in [0.25, 0.3) is 0 Å². The Morgan fingerprint density at radius 1 is 1.33 bits per heavy atom. The van der Waals surface area contributed by atoms with Crippen molar-refractivity contribution in [3.8, 4) is 0 Å². The van der Waals surface area contributed by atoms with E-state index in [2.05, 4.69) is 56.5 Å². The molecule has 1 aromatic rings. The Hall–Kier alpha value is -1.38. The Morgan fingerprint density at radius 2 is 2.12 bits per heavy atom. The second-order valence-electron chi connectivity index (χ2n) is 7.06. The van der Waals surface area contributed by atoms with Gasteiger partial charge in [0.05, 0.1) is 0 Å². The lowest BCUT2D eigenvalue weighted by atomic mass is 9.86. The zero-order valence-corrected chi connectivity index (χ0v) is 15.8. The number of allylic oxidation sites excluding steroid dienone is 2. The molecule has 2 rings (SSSR count). The Morgan fingerprint density at radius 3 is 2.79 bits per heavy atom. The van der Waals surface area contributed by atoms with Crippen molar-refractivity contribution in [3.05, 3.63) is 53.1 Å². The van der Waals surface area contributed by atoms with E-state index >= 15 is 0 Å². The van der Waals surface area contributed by atoms with Crippen LogP contribution in [0, 0.1) is 6.92 Å². The molecule has 1 heterocycles. The summed E-state index contributed by atoms with van der Waals surface area (Å²) in [5.74, 6) is 0. The summed E-state index contributed by atoms with van der Waals surface area (Å²) >= 11 is 0. The van der Waals surface area contributed by atoms with Crippen molar-refractivity contribution >= 4 is 5.57 Å². The molecule has 0 amide bonds. The third-order valence-corrected chi connectivity index (χ3v) is 5.24. The molecule has 0 bridgehead atoms. The van der Waals surface area contributed by atoms with Crippen LogP contribution < -0.4 is 5.73 Å². The minimum Gasteiger partial charge on any atom is -0.329 e. The molecule has 1 aliphatic heterocycles. The zero-order chi connectivity index (χ0) is 17.5. The van der Waals surface area contributed by atoms with Crippen LogP contribution in [-0.2, 0) is 6.42 Å². The standard InChI is InChI=1S/C22H34N2/c1-5-7-12-24-13-11-20(14-17(3)6-2)22-18(4)9-8-10-19(22)15-21(24)16-23/h8-11,21H,3,5-7,12-16,23H2,1-2,4H3. The van der Waals surface area contributed by atoms with E-state index in [1.807, 2.05) is 0 Å². The molecule has 0 fully saturated rings. The summed E-state index contributed by atoms with van der Waals surface area (Å²) < 4.78 is 0. The van der Waals surface area contributed by atoms with Gasteiger partial charge >= 0.3 is 0 Å². The number of fused-ring (bicyclic) bond motifs is 1. The SMILES string of the molecule is C=C(CC)CC1=CCN(CCCC)C(CN)Cc2cccc(C)c21. The first-order valence-electron chi connectivity index (χ1n) is 9.49. The van der Waals surface area contributed by atoms with Crippen molar-refractivity contribution in [1.29, 1.82) is 0 Å². The zero-order valence-electron chi connectivity index (χ0n) is 15.8. The highest BCUT2D eigenvalue weighted by Crippen LogP contribution is 2.32. The summed E-state index contributed by atoms with van der Waals surface area (Å²) in [5.41, 5.74) is 13.2. The van der Waals surface area contributed by atoms with Gasteiger partial charge in [0.2, 0.25) is 0 Å². The maximum Gasteiger partial charge on any atom is 0.0262 e. The molecule has 2 heteroatoms. The summed E-state index contributed by atoms with van der Waals surface area (Å²) in [6, 6.07) is 7.14. The number of nitrogens with two attached hydrogens (primary N) is 1. The van der Waals surface area contributed by atoms with Crippen molar-refractivity contribution in [3.63, 3.8) is 0 Å². The van der Waals surface area contributed by atoms with E-state index in [-0.39, 0.29) is 0 Å². The molecule has 1 aromatic carbocycles. The van der Waals surface area contributed by atoms with Crippen LogP contribution in [0.5, 0.6) is 0 Å². The van der Waals surface area contributed by atoms with Crippen LogP contribution in [0.2, 0.25) is 0 Å². The second kappa shape index (κ2) is 9.19. The molecule has 0 saturated heterocycles. The Labute approximate surface area is 148 Å². The van der Waals surface area contributed by atoms with Gasteiger partial charge in [-0.15, -0.1) is 0 Å². The van der Waals surface area contributed by atoms with Crippen LogP contribution in [0.1, 0.15) is 56.2 Å². The molecule has 0 aliphatic carbocycles. The van der Waals surface area contributed by atoms with Crippen LogP contribution in [0.15, 0.2) is 36.4 Å². The van der Waals surface area contributed by atoms with E-state index in [1.54, 1.807) is 0 Å². The number of rotatable bonds is 7. The number of nitrogens with zero attached hydrogens (tertiary/aromatic N) is 1. The Bertz CT molecular complexity index is 586. The predicted octanol–water partition coefficient (Wildman–Crippen LogP) is 4.72. The monoisotopic (exact) mass is 326 g/mol. The average Bonchev–Trinajstić information content (AvgIpc) is 2.57. The van der Waals surface area contributed by atoms with Crippen LogP contribution in [0.3, 0.4) is 0 Å². The molecule has 1 aliphatic rings. The fourth-order valence-electron chi connectivity index (χ4n) is 3.64. The Kier molecular flexibility index (Phi) is 7.26. The lowest BCUT2D eigenvalue weighted by molar-refractivity contribution is 0.216. The highest BCUT2D eigenvalue weighted by Gasteiger charge is 2.22. The van der Waals surface area contributed by atoms with Crippen LogP contribution in [0.4, 0.5) is 0 Å². The lowest BCUT2D eigenvalue weighted by Crippen LogP contribution is -2.43. The van der Waals surface area contributed by atoms with Gasteiger partial charge in [0.15, 0.2) is 0 Å². The van der Waals surface area contributed by atoms with E-state index in [0.717, 1.165) is 38.9 Å². The van der Waals surface area contributed by atoms with Crippen LogP contribution in [-0.4, -0.2) is 30.6 Å². The third-order valence-electron chi connectivity index (χ3n) is 5.24. The van der Waals surface area contributed by atoms with Crippen molar-refractivity contribution in [2.24, 2.45) is 5.73 Å². The summed E-state index contributed by atoms with van der Waals surface area (Å²) in [6.45, 7) is 13.8. The first-order chi connectivity index (χ1) is 11.6. The molecule has 0 radical (unpaired) electrons. The van der Waals surface area contributed by atoms with Crippen LogP contribution >= 0.6 is 0 Å². The normalized spacial score (nSPS) is 18.5. The first kappa shape index (κ1) is 19.0. The summed E-state index contributed by atoms with van der Waals surface area (Å²) in [4.78, 5) is 2.57. The number of unbranched alkanes of at least 4 members (excludes halogenated alkanes) is 1. The lowest BCUT2D eigenvalue weighted by Gasteiger charge is -2.33. The molecule has 0 aromatic heterocycles. The predicted molar refractivity (Wildman–Crippen MR) is 106 cm³/mol. The summed E-state index contributed by atoms with van der Waals surface area (Å²) in [7, 11) is 0. The van der Waals surface area contributed by atoms with Gasteiger partial charge in [-0.25, -0.2) is 0 Å². The summed E-state index contributed by atoms with van der Waals surface area (Å²) in [5, 5.41) is 0. The van der Waals surface area contributed by atoms with E-state index < -0.39 is 0 Å². The van der Waals surface area contributed by atoms with E-state index in [1.165, 1.54) is 40.7 Å². The van der Waals surface area contributed by atoms with Crippen molar-refractivity contribution < 1.29 is 0 Å². The van der Waals surface area contributed by atoms with Gasteiger partial charge in [-0.05, 0) is 61.4 Å². The van der Waals surface area contributed by atoms with Gasteiger partial charge < -0.3 is 5.73 Å². The smallest absolute Gasteiger partial charge is 0.0262 e. The van der Waals surface area contributed by atoms with Gasteiger partial charge in [0.1, 0.15) is 0 Å². The molecular weight excluding hydrogens is 292 g/mol. The first-order valence-corrected chi connectivity index (χ1v) is 9.49. The van der Waals surface area contributed by atoms with Crippen molar-refractivity contribution in [2.45, 2.75) is 58.9 Å². The van der Waals surface area contributed by atoms with Gasteiger partial charge in [-0.1, -0.05) is 56.7 Å². The van der Waals surface area contributed by atoms with Crippen LogP contribution in [0.25, 0.3) is 5.57 Å². The third kappa shape index (κ3) is 4.58. The maximum absolute atomic E-state index is 6.14. The molecule has 132 valence electrons. The fraction of sp³-hybridized carbons (Fsp3) is 0.545. The molecule has 2 N–H and O–H groups in total. The fourth-order valence-corrected chi connectivity index (χ4v) is 3.64. The highest BCUT2D eigenvalue weighted by atomic mass is 15.2. The molecule has 0 saturated carbocycles. The summed E-state index contributed by atoms with van der Waals surface area (Å²) in [6.07, 6.45) is 7.98. The number of benzene rings is 1. The van der Waals surface area contributed by atoms with Crippen molar-refractivity contribution in [1.82, 2.24) is 4.90 Å². The maximum atomic E-state index is 6.14. The molecule has 1 atom stereocenters. The van der Waals surface area contributed by atoms with E-state index in [4.69, 9.17) is 5.73 Å². The van der Waals surface area contributed by atoms with E-state index in [9.17, 15) is 0 Å². The minimum absolute atomic E-state index is 0.435. The second-order valence-corrected chi connectivity index (χ2v) is 7.06. The topological polar surface area (TPSA) is 29.3 Å². The molecule has 1 unspecified atom stereocenters. The molecular formula is C22H34N2. The Balaban J connectivity index is 2.41.